The molecule has 1 heterocycles. The Morgan fingerprint density at radius 1 is 1.59 bits per heavy atom. The van der Waals surface area contributed by atoms with E-state index in [0.29, 0.717) is 5.92 Å². The lowest BCUT2D eigenvalue weighted by Crippen LogP contribution is -2.37. The smallest absolute Gasteiger partial charge is 0.261 e. The first-order chi connectivity index (χ1) is 7.99. The number of aryl methyl sites for hydroxylation is 1. The molecule has 1 atom stereocenters. The minimum absolute atomic E-state index is 0.154. The normalized spacial score (nSPS) is 16.6. The van der Waals surface area contributed by atoms with Crippen LogP contribution in [-0.2, 0) is 0 Å². The van der Waals surface area contributed by atoms with Crippen molar-refractivity contribution < 1.29 is 4.79 Å². The number of halogens is 1. The number of aromatic nitrogens is 1. The van der Waals surface area contributed by atoms with Gasteiger partial charge in [0.05, 0.1) is 0 Å². The van der Waals surface area contributed by atoms with E-state index in [1.807, 2.05) is 13.8 Å². The van der Waals surface area contributed by atoms with Crippen LogP contribution in [0.3, 0.4) is 0 Å². The van der Waals surface area contributed by atoms with E-state index in [1.54, 1.807) is 6.07 Å². The largest absolute Gasteiger partial charge is 0.349 e. The van der Waals surface area contributed by atoms with Crippen molar-refractivity contribution in [2.24, 2.45) is 5.92 Å². The molecule has 0 bridgehead atoms. The summed E-state index contributed by atoms with van der Waals surface area (Å²) < 4.78 is 0.895. The predicted molar refractivity (Wildman–Crippen MR) is 74.2 cm³/mol. The van der Waals surface area contributed by atoms with Crippen LogP contribution in [-0.4, -0.2) is 16.9 Å². The second-order valence-electron chi connectivity index (χ2n) is 4.58. The third kappa shape index (κ3) is 2.88. The molecule has 1 aliphatic rings. The SMILES string of the molecule is Cc1[nH]c(=O)c(C(=O)N[C@H](C)C2CC2)cc1I. The molecular formula is C12H15IN2O2. The molecule has 2 rings (SSSR count). The van der Waals surface area contributed by atoms with Crippen LogP contribution in [0.5, 0.6) is 0 Å². The highest BCUT2D eigenvalue weighted by atomic mass is 127. The van der Waals surface area contributed by atoms with E-state index in [-0.39, 0.29) is 23.1 Å². The van der Waals surface area contributed by atoms with Gasteiger partial charge in [-0.25, -0.2) is 0 Å². The van der Waals surface area contributed by atoms with Gasteiger partial charge in [0.1, 0.15) is 5.56 Å². The van der Waals surface area contributed by atoms with E-state index in [4.69, 9.17) is 0 Å². The van der Waals surface area contributed by atoms with Gasteiger partial charge in [-0.1, -0.05) is 0 Å². The van der Waals surface area contributed by atoms with Crippen molar-refractivity contribution in [1.82, 2.24) is 10.3 Å². The number of carbonyl (C=O) groups is 1. The van der Waals surface area contributed by atoms with Crippen molar-refractivity contribution in [3.8, 4) is 0 Å². The van der Waals surface area contributed by atoms with Crippen LogP contribution in [0.25, 0.3) is 0 Å². The molecular weight excluding hydrogens is 331 g/mol. The summed E-state index contributed by atoms with van der Waals surface area (Å²) in [6.07, 6.45) is 2.34. The van der Waals surface area contributed by atoms with Crippen molar-refractivity contribution in [3.05, 3.63) is 31.2 Å². The molecule has 5 heteroatoms. The molecule has 4 nitrogen and oxygen atoms in total. The molecule has 1 saturated carbocycles. The Balaban J connectivity index is 2.18. The van der Waals surface area contributed by atoms with Gasteiger partial charge in [-0.3, -0.25) is 9.59 Å². The topological polar surface area (TPSA) is 62.0 Å². The van der Waals surface area contributed by atoms with E-state index in [9.17, 15) is 9.59 Å². The van der Waals surface area contributed by atoms with Gasteiger partial charge >= 0.3 is 0 Å². The maximum Gasteiger partial charge on any atom is 0.261 e. The molecule has 1 aromatic heterocycles. The molecule has 17 heavy (non-hydrogen) atoms. The van der Waals surface area contributed by atoms with E-state index in [0.717, 1.165) is 9.26 Å². The van der Waals surface area contributed by atoms with Crippen molar-refractivity contribution in [1.29, 1.82) is 0 Å². The molecule has 0 aromatic carbocycles. The van der Waals surface area contributed by atoms with E-state index >= 15 is 0 Å². The summed E-state index contributed by atoms with van der Waals surface area (Å²) in [6.45, 7) is 3.81. The summed E-state index contributed by atoms with van der Waals surface area (Å²) in [7, 11) is 0. The van der Waals surface area contributed by atoms with Gasteiger partial charge in [-0.2, -0.15) is 0 Å². The van der Waals surface area contributed by atoms with Gasteiger partial charge in [-0.05, 0) is 61.3 Å². The van der Waals surface area contributed by atoms with Crippen LogP contribution in [0.2, 0.25) is 0 Å². The third-order valence-corrected chi connectivity index (χ3v) is 4.23. The Hall–Kier alpha value is -0.850. The zero-order chi connectivity index (χ0) is 12.6. The van der Waals surface area contributed by atoms with Crippen molar-refractivity contribution in [2.75, 3.05) is 0 Å². The molecule has 2 N–H and O–H groups in total. The fourth-order valence-electron chi connectivity index (χ4n) is 1.77. The first-order valence-electron chi connectivity index (χ1n) is 5.69. The number of rotatable bonds is 3. The van der Waals surface area contributed by atoms with Gasteiger partial charge in [0.25, 0.3) is 11.5 Å². The van der Waals surface area contributed by atoms with Gasteiger partial charge in [0.15, 0.2) is 0 Å². The molecule has 1 fully saturated rings. The highest BCUT2D eigenvalue weighted by Crippen LogP contribution is 2.32. The quantitative estimate of drug-likeness (QED) is 0.821. The number of aromatic amines is 1. The number of hydrogen-bond donors (Lipinski definition) is 2. The number of H-pyrrole nitrogens is 1. The summed E-state index contributed by atoms with van der Waals surface area (Å²) in [4.78, 5) is 26.3. The van der Waals surface area contributed by atoms with Gasteiger partial charge in [0, 0.05) is 15.3 Å². The van der Waals surface area contributed by atoms with Crippen LogP contribution in [0, 0.1) is 16.4 Å². The van der Waals surface area contributed by atoms with Crippen LogP contribution in [0.4, 0.5) is 0 Å². The summed E-state index contributed by atoms with van der Waals surface area (Å²) in [5.74, 6) is 0.311. The summed E-state index contributed by atoms with van der Waals surface area (Å²) in [6, 6.07) is 1.80. The first kappa shape index (κ1) is 12.6. The fraction of sp³-hybridized carbons (Fsp3) is 0.500. The average Bonchev–Trinajstić information content (AvgIpc) is 3.06. The monoisotopic (exact) mass is 346 g/mol. The Kier molecular flexibility index (Phi) is 3.56. The molecule has 1 aromatic rings. The van der Waals surface area contributed by atoms with Crippen LogP contribution >= 0.6 is 22.6 Å². The second kappa shape index (κ2) is 4.80. The highest BCUT2D eigenvalue weighted by Gasteiger charge is 2.29. The number of hydrogen-bond acceptors (Lipinski definition) is 2. The molecule has 1 aliphatic carbocycles. The molecule has 0 unspecified atom stereocenters. The third-order valence-electron chi connectivity index (χ3n) is 3.11. The predicted octanol–water partition coefficient (Wildman–Crippen LogP) is 1.82. The standard InChI is InChI=1S/C12H15IN2O2/c1-6(8-3-4-8)14-11(16)9-5-10(13)7(2)15-12(9)17/h5-6,8H,3-4H2,1-2H3,(H,14,16)(H,15,17)/t6-/m1/s1. The summed E-state index contributed by atoms with van der Waals surface area (Å²) in [5, 5.41) is 2.88. The lowest BCUT2D eigenvalue weighted by Gasteiger charge is -2.12. The molecule has 1 amide bonds. The van der Waals surface area contributed by atoms with Gasteiger partial charge in [-0.15, -0.1) is 0 Å². The van der Waals surface area contributed by atoms with Crippen molar-refractivity contribution in [2.45, 2.75) is 32.7 Å². The van der Waals surface area contributed by atoms with E-state index < -0.39 is 0 Å². The summed E-state index contributed by atoms with van der Waals surface area (Å²) in [5.41, 5.74) is 0.679. The van der Waals surface area contributed by atoms with Gasteiger partial charge < -0.3 is 10.3 Å². The fourth-order valence-corrected chi connectivity index (χ4v) is 2.21. The van der Waals surface area contributed by atoms with Crippen LogP contribution in [0.1, 0.15) is 35.8 Å². The zero-order valence-corrected chi connectivity index (χ0v) is 12.0. The maximum atomic E-state index is 11.9. The molecule has 92 valence electrons. The minimum atomic E-state index is -0.316. The highest BCUT2D eigenvalue weighted by molar-refractivity contribution is 14.1. The molecule has 0 aliphatic heterocycles. The first-order valence-corrected chi connectivity index (χ1v) is 6.77. The Morgan fingerprint density at radius 3 is 2.82 bits per heavy atom. The Morgan fingerprint density at radius 2 is 2.24 bits per heavy atom. The summed E-state index contributed by atoms with van der Waals surface area (Å²) >= 11 is 2.11. The van der Waals surface area contributed by atoms with E-state index in [2.05, 4.69) is 32.9 Å². The minimum Gasteiger partial charge on any atom is -0.349 e. The second-order valence-corrected chi connectivity index (χ2v) is 5.75. The number of carbonyl (C=O) groups excluding carboxylic acids is 1. The average molecular weight is 346 g/mol. The van der Waals surface area contributed by atoms with Crippen molar-refractivity contribution in [3.63, 3.8) is 0 Å². The van der Waals surface area contributed by atoms with Gasteiger partial charge in [0.2, 0.25) is 0 Å². The number of nitrogens with one attached hydrogen (secondary N) is 2. The number of pyridine rings is 1. The Labute approximate surface area is 113 Å². The molecule has 0 radical (unpaired) electrons. The van der Waals surface area contributed by atoms with E-state index in [1.165, 1.54) is 12.8 Å². The zero-order valence-electron chi connectivity index (χ0n) is 9.84. The van der Waals surface area contributed by atoms with Crippen molar-refractivity contribution >= 4 is 28.5 Å². The Bertz CT molecular complexity index is 506. The molecule has 0 saturated heterocycles. The molecule has 0 spiro atoms. The lowest BCUT2D eigenvalue weighted by atomic mass is 10.2. The lowest BCUT2D eigenvalue weighted by molar-refractivity contribution is 0.0934. The van der Waals surface area contributed by atoms with Crippen LogP contribution in [0.15, 0.2) is 10.9 Å². The number of amides is 1. The maximum absolute atomic E-state index is 11.9. The van der Waals surface area contributed by atoms with Crippen LogP contribution < -0.4 is 10.9 Å².